The van der Waals surface area contributed by atoms with Crippen molar-refractivity contribution in [1.82, 2.24) is 0 Å². The SMILES string of the molecule is COc1ccc(NS(=O)(=O)c2cc(NC(=O)CSC)ccc2OC)cc1. The maximum absolute atomic E-state index is 12.8. The summed E-state index contributed by atoms with van der Waals surface area (Å²) in [7, 11) is -1.01. The Morgan fingerprint density at radius 3 is 2.27 bits per heavy atom. The molecule has 0 bridgehead atoms. The van der Waals surface area contributed by atoms with Crippen LogP contribution in [-0.4, -0.2) is 40.6 Å². The molecule has 2 rings (SSSR count). The maximum atomic E-state index is 12.8. The van der Waals surface area contributed by atoms with E-state index in [1.165, 1.54) is 38.1 Å². The highest BCUT2D eigenvalue weighted by Crippen LogP contribution is 2.29. The first-order valence-electron chi connectivity index (χ1n) is 7.53. The quantitative estimate of drug-likeness (QED) is 0.713. The largest absolute Gasteiger partial charge is 0.497 e. The summed E-state index contributed by atoms with van der Waals surface area (Å²) in [6, 6.07) is 10.9. The van der Waals surface area contributed by atoms with Crippen molar-refractivity contribution in [1.29, 1.82) is 0 Å². The van der Waals surface area contributed by atoms with E-state index in [9.17, 15) is 13.2 Å². The van der Waals surface area contributed by atoms with Crippen molar-refractivity contribution < 1.29 is 22.7 Å². The highest BCUT2D eigenvalue weighted by Gasteiger charge is 2.21. The van der Waals surface area contributed by atoms with Gasteiger partial charge in [-0.3, -0.25) is 9.52 Å². The average molecular weight is 396 g/mol. The number of sulfonamides is 1. The predicted octanol–water partition coefficient (Wildman–Crippen LogP) is 2.81. The smallest absolute Gasteiger partial charge is 0.265 e. The van der Waals surface area contributed by atoms with E-state index in [1.807, 2.05) is 6.26 Å². The van der Waals surface area contributed by atoms with E-state index >= 15 is 0 Å². The van der Waals surface area contributed by atoms with Crippen LogP contribution in [0.5, 0.6) is 11.5 Å². The summed E-state index contributed by atoms with van der Waals surface area (Å²) >= 11 is 1.37. The van der Waals surface area contributed by atoms with Crippen molar-refractivity contribution in [2.24, 2.45) is 0 Å². The predicted molar refractivity (Wildman–Crippen MR) is 104 cm³/mol. The Balaban J connectivity index is 2.31. The summed E-state index contributed by atoms with van der Waals surface area (Å²) in [5, 5.41) is 2.66. The van der Waals surface area contributed by atoms with Crippen LogP contribution in [-0.2, 0) is 14.8 Å². The second-order valence-corrected chi connectivity index (χ2v) is 7.70. The molecule has 0 aliphatic rings. The number of hydrogen-bond acceptors (Lipinski definition) is 6. The van der Waals surface area contributed by atoms with Crippen LogP contribution in [0.25, 0.3) is 0 Å². The maximum Gasteiger partial charge on any atom is 0.265 e. The Bertz CT molecular complexity index is 867. The molecule has 0 aromatic heterocycles. The van der Waals surface area contributed by atoms with E-state index in [1.54, 1.807) is 30.3 Å². The third-order valence-corrected chi connectivity index (χ3v) is 5.31. The number of benzene rings is 2. The monoisotopic (exact) mass is 396 g/mol. The van der Waals surface area contributed by atoms with Crippen LogP contribution >= 0.6 is 11.8 Å². The Labute approximate surface area is 157 Å². The summed E-state index contributed by atoms with van der Waals surface area (Å²) in [6.45, 7) is 0. The lowest BCUT2D eigenvalue weighted by atomic mass is 10.3. The number of methoxy groups -OCH3 is 2. The highest BCUT2D eigenvalue weighted by molar-refractivity contribution is 7.99. The summed E-state index contributed by atoms with van der Waals surface area (Å²) in [6.07, 6.45) is 1.81. The molecule has 2 aromatic rings. The summed E-state index contributed by atoms with van der Waals surface area (Å²) in [5.74, 6) is 0.852. The van der Waals surface area contributed by atoms with Gasteiger partial charge in [0.1, 0.15) is 16.4 Å². The van der Waals surface area contributed by atoms with Gasteiger partial charge in [0, 0.05) is 11.4 Å². The normalized spacial score (nSPS) is 10.9. The molecule has 7 nitrogen and oxygen atoms in total. The second-order valence-electron chi connectivity index (χ2n) is 5.18. The Morgan fingerprint density at radius 1 is 1.04 bits per heavy atom. The molecule has 140 valence electrons. The van der Waals surface area contributed by atoms with E-state index in [2.05, 4.69) is 10.0 Å². The van der Waals surface area contributed by atoms with Crippen molar-refractivity contribution in [2.75, 3.05) is 36.3 Å². The molecule has 0 unspecified atom stereocenters. The van der Waals surface area contributed by atoms with Crippen LogP contribution in [0.3, 0.4) is 0 Å². The van der Waals surface area contributed by atoms with Crippen LogP contribution < -0.4 is 19.5 Å². The Morgan fingerprint density at radius 2 is 1.69 bits per heavy atom. The molecule has 0 saturated heterocycles. The van der Waals surface area contributed by atoms with Gasteiger partial charge in [-0.25, -0.2) is 8.42 Å². The van der Waals surface area contributed by atoms with Gasteiger partial charge in [0.25, 0.3) is 10.0 Å². The van der Waals surface area contributed by atoms with E-state index in [4.69, 9.17) is 9.47 Å². The van der Waals surface area contributed by atoms with Gasteiger partial charge in [0.2, 0.25) is 5.91 Å². The lowest BCUT2D eigenvalue weighted by Crippen LogP contribution is -2.17. The fraction of sp³-hybridized carbons (Fsp3) is 0.235. The highest BCUT2D eigenvalue weighted by atomic mass is 32.2. The van der Waals surface area contributed by atoms with E-state index in [0.717, 1.165) is 0 Å². The summed E-state index contributed by atoms with van der Waals surface area (Å²) in [5.41, 5.74) is 0.754. The average Bonchev–Trinajstić information content (AvgIpc) is 2.62. The minimum absolute atomic E-state index is 0.0715. The van der Waals surface area contributed by atoms with Crippen LogP contribution in [0.15, 0.2) is 47.4 Å². The van der Waals surface area contributed by atoms with Gasteiger partial charge < -0.3 is 14.8 Å². The first-order chi connectivity index (χ1) is 12.4. The molecule has 0 atom stereocenters. The Kier molecular flexibility index (Phi) is 6.76. The lowest BCUT2D eigenvalue weighted by Gasteiger charge is -2.14. The number of rotatable bonds is 8. The van der Waals surface area contributed by atoms with Gasteiger partial charge in [0.15, 0.2) is 0 Å². The molecule has 0 aliphatic heterocycles. The molecule has 9 heteroatoms. The molecule has 2 aromatic carbocycles. The van der Waals surface area contributed by atoms with Crippen LogP contribution in [0.1, 0.15) is 0 Å². The van der Waals surface area contributed by atoms with Gasteiger partial charge >= 0.3 is 0 Å². The molecule has 0 fully saturated rings. The van der Waals surface area contributed by atoms with E-state index < -0.39 is 10.0 Å². The molecule has 26 heavy (non-hydrogen) atoms. The van der Waals surface area contributed by atoms with Crippen LogP contribution in [0.4, 0.5) is 11.4 Å². The first-order valence-corrected chi connectivity index (χ1v) is 10.4. The molecular weight excluding hydrogens is 376 g/mol. The number of carbonyl (C=O) groups excluding carboxylic acids is 1. The lowest BCUT2D eigenvalue weighted by molar-refractivity contribution is -0.113. The van der Waals surface area contributed by atoms with Crippen molar-refractivity contribution >= 4 is 39.1 Å². The molecule has 0 saturated carbocycles. The molecule has 2 N–H and O–H groups in total. The van der Waals surface area contributed by atoms with Gasteiger partial charge in [-0.05, 0) is 48.7 Å². The zero-order valence-electron chi connectivity index (χ0n) is 14.6. The fourth-order valence-electron chi connectivity index (χ4n) is 2.16. The number of hydrogen-bond donors (Lipinski definition) is 2. The van der Waals surface area contributed by atoms with Gasteiger partial charge in [0.05, 0.1) is 20.0 Å². The van der Waals surface area contributed by atoms with E-state index in [-0.39, 0.29) is 22.3 Å². The van der Waals surface area contributed by atoms with Gasteiger partial charge in [-0.15, -0.1) is 0 Å². The number of nitrogens with one attached hydrogen (secondary N) is 2. The first kappa shape index (κ1) is 19.9. The van der Waals surface area contributed by atoms with E-state index in [0.29, 0.717) is 17.1 Å². The number of thioether (sulfide) groups is 1. The minimum Gasteiger partial charge on any atom is -0.497 e. The molecule has 0 aliphatic carbocycles. The standard InChI is InChI=1S/C17H20N2O5S2/c1-23-14-7-4-12(5-8-14)19-26(21,22)16-10-13(6-9-15(16)24-2)18-17(20)11-25-3/h4-10,19H,11H2,1-3H3,(H,18,20). The van der Waals surface area contributed by atoms with Crippen LogP contribution in [0, 0.1) is 0 Å². The van der Waals surface area contributed by atoms with Crippen molar-refractivity contribution in [3.63, 3.8) is 0 Å². The zero-order valence-corrected chi connectivity index (χ0v) is 16.2. The van der Waals surface area contributed by atoms with Crippen molar-refractivity contribution in [3.05, 3.63) is 42.5 Å². The number of ether oxygens (including phenoxy) is 2. The van der Waals surface area contributed by atoms with Crippen molar-refractivity contribution in [3.8, 4) is 11.5 Å². The minimum atomic E-state index is -3.92. The third kappa shape index (κ3) is 5.06. The molecular formula is C17H20N2O5S2. The fourth-order valence-corrected chi connectivity index (χ4v) is 3.75. The number of anilines is 2. The molecule has 0 heterocycles. The topological polar surface area (TPSA) is 93.7 Å². The molecule has 0 radical (unpaired) electrons. The molecule has 1 amide bonds. The second kappa shape index (κ2) is 8.81. The summed E-state index contributed by atoms with van der Waals surface area (Å²) in [4.78, 5) is 11.7. The Hall–Kier alpha value is -2.39. The number of amides is 1. The number of carbonyl (C=O) groups is 1. The summed E-state index contributed by atoms with van der Waals surface area (Å²) < 4.78 is 38.2. The van der Waals surface area contributed by atoms with Crippen molar-refractivity contribution in [2.45, 2.75) is 4.90 Å². The van der Waals surface area contributed by atoms with Gasteiger partial charge in [-0.1, -0.05) is 0 Å². The third-order valence-electron chi connectivity index (χ3n) is 3.35. The van der Waals surface area contributed by atoms with Gasteiger partial charge in [-0.2, -0.15) is 11.8 Å². The van der Waals surface area contributed by atoms with Crippen LogP contribution in [0.2, 0.25) is 0 Å². The molecule has 0 spiro atoms. The zero-order chi connectivity index (χ0) is 19.2.